The first-order chi connectivity index (χ1) is 8.51. The molecule has 0 fully saturated rings. The van der Waals surface area contributed by atoms with E-state index < -0.39 is 11.6 Å². The van der Waals surface area contributed by atoms with Crippen molar-refractivity contribution in [1.82, 2.24) is 0 Å². The maximum Gasteiger partial charge on any atom is 0.309 e. The molecular formula is C14H20O4. The molecular weight excluding hydrogens is 232 g/mol. The number of hydrogen-bond acceptors (Lipinski definition) is 4. The van der Waals surface area contributed by atoms with Gasteiger partial charge in [-0.1, -0.05) is 18.2 Å². The SMILES string of the molecule is CCOC(=O)CC(C)(O)c1ccccc1OCC. The van der Waals surface area contributed by atoms with E-state index in [-0.39, 0.29) is 6.42 Å². The van der Waals surface area contributed by atoms with Crippen LogP contribution in [-0.4, -0.2) is 24.3 Å². The molecule has 1 unspecified atom stereocenters. The molecule has 1 N–H and O–H groups in total. The van der Waals surface area contributed by atoms with Crippen LogP contribution in [0.3, 0.4) is 0 Å². The van der Waals surface area contributed by atoms with Gasteiger partial charge in [-0.2, -0.15) is 0 Å². The third-order valence-electron chi connectivity index (χ3n) is 2.56. The number of para-hydroxylation sites is 1. The van der Waals surface area contributed by atoms with Crippen LogP contribution in [-0.2, 0) is 15.1 Å². The summed E-state index contributed by atoms with van der Waals surface area (Å²) in [5.41, 5.74) is -0.697. The van der Waals surface area contributed by atoms with Crippen molar-refractivity contribution in [2.24, 2.45) is 0 Å². The van der Waals surface area contributed by atoms with E-state index in [0.29, 0.717) is 24.5 Å². The van der Waals surface area contributed by atoms with Crippen LogP contribution in [0.4, 0.5) is 0 Å². The summed E-state index contributed by atoms with van der Waals surface area (Å²) in [7, 11) is 0. The molecule has 0 amide bonds. The van der Waals surface area contributed by atoms with Gasteiger partial charge in [-0.05, 0) is 26.8 Å². The van der Waals surface area contributed by atoms with Gasteiger partial charge >= 0.3 is 5.97 Å². The maximum absolute atomic E-state index is 11.5. The van der Waals surface area contributed by atoms with Crippen LogP contribution < -0.4 is 4.74 Å². The van der Waals surface area contributed by atoms with Gasteiger partial charge in [0, 0.05) is 5.56 Å². The Hall–Kier alpha value is -1.55. The number of aliphatic hydroxyl groups is 1. The van der Waals surface area contributed by atoms with Gasteiger partial charge in [0.15, 0.2) is 0 Å². The second-order valence-electron chi connectivity index (χ2n) is 4.18. The molecule has 0 aliphatic heterocycles. The van der Waals surface area contributed by atoms with E-state index >= 15 is 0 Å². The fourth-order valence-electron chi connectivity index (χ4n) is 1.78. The van der Waals surface area contributed by atoms with Crippen molar-refractivity contribution in [2.75, 3.05) is 13.2 Å². The number of esters is 1. The lowest BCUT2D eigenvalue weighted by Gasteiger charge is -2.25. The van der Waals surface area contributed by atoms with Gasteiger partial charge in [-0.3, -0.25) is 4.79 Å². The molecule has 1 rings (SSSR count). The predicted octanol–water partition coefficient (Wildman–Crippen LogP) is 2.25. The zero-order chi connectivity index (χ0) is 13.6. The van der Waals surface area contributed by atoms with Crippen molar-refractivity contribution in [1.29, 1.82) is 0 Å². The lowest BCUT2D eigenvalue weighted by Crippen LogP contribution is -2.27. The van der Waals surface area contributed by atoms with Gasteiger partial charge in [0.05, 0.1) is 19.6 Å². The van der Waals surface area contributed by atoms with Crippen molar-refractivity contribution in [3.63, 3.8) is 0 Å². The van der Waals surface area contributed by atoms with Gasteiger partial charge in [0.25, 0.3) is 0 Å². The summed E-state index contributed by atoms with van der Waals surface area (Å²) in [6.07, 6.45) is -0.0923. The lowest BCUT2D eigenvalue weighted by atomic mass is 9.92. The molecule has 0 saturated heterocycles. The summed E-state index contributed by atoms with van der Waals surface area (Å²) < 4.78 is 10.3. The summed E-state index contributed by atoms with van der Waals surface area (Å²) in [6, 6.07) is 7.16. The third-order valence-corrected chi connectivity index (χ3v) is 2.56. The fraction of sp³-hybridized carbons (Fsp3) is 0.500. The quantitative estimate of drug-likeness (QED) is 0.789. The highest BCUT2D eigenvalue weighted by Gasteiger charge is 2.30. The first-order valence-electron chi connectivity index (χ1n) is 6.11. The second kappa shape index (κ2) is 6.40. The average molecular weight is 252 g/mol. The minimum Gasteiger partial charge on any atom is -0.493 e. The van der Waals surface area contributed by atoms with Gasteiger partial charge in [-0.15, -0.1) is 0 Å². The normalized spacial score (nSPS) is 13.8. The summed E-state index contributed by atoms with van der Waals surface area (Å²) in [6.45, 7) is 6.01. The summed E-state index contributed by atoms with van der Waals surface area (Å²) in [5, 5.41) is 10.4. The molecule has 1 aromatic rings. The van der Waals surface area contributed by atoms with Crippen LogP contribution >= 0.6 is 0 Å². The largest absolute Gasteiger partial charge is 0.493 e. The molecule has 0 bridgehead atoms. The van der Waals surface area contributed by atoms with E-state index in [9.17, 15) is 9.90 Å². The Morgan fingerprint density at radius 3 is 2.56 bits per heavy atom. The van der Waals surface area contributed by atoms with Crippen molar-refractivity contribution in [3.05, 3.63) is 29.8 Å². The van der Waals surface area contributed by atoms with Crippen LogP contribution in [0.15, 0.2) is 24.3 Å². The number of hydrogen-bond donors (Lipinski definition) is 1. The van der Waals surface area contributed by atoms with E-state index in [0.717, 1.165) is 0 Å². The average Bonchev–Trinajstić information content (AvgIpc) is 2.29. The molecule has 0 radical (unpaired) electrons. The highest BCUT2D eigenvalue weighted by atomic mass is 16.5. The van der Waals surface area contributed by atoms with Crippen LogP contribution in [0.2, 0.25) is 0 Å². The van der Waals surface area contributed by atoms with E-state index in [1.807, 2.05) is 13.0 Å². The molecule has 18 heavy (non-hydrogen) atoms. The molecule has 0 aliphatic rings. The third kappa shape index (κ3) is 3.74. The summed E-state index contributed by atoms with van der Waals surface area (Å²) in [5.74, 6) is 0.170. The molecule has 100 valence electrons. The molecule has 1 atom stereocenters. The summed E-state index contributed by atoms with van der Waals surface area (Å²) in [4.78, 5) is 11.5. The Balaban J connectivity index is 2.92. The lowest BCUT2D eigenvalue weighted by molar-refractivity contribution is -0.148. The van der Waals surface area contributed by atoms with E-state index in [2.05, 4.69) is 0 Å². The Labute approximate surface area is 108 Å². The van der Waals surface area contributed by atoms with Gasteiger partial charge in [-0.25, -0.2) is 0 Å². The van der Waals surface area contributed by atoms with Gasteiger partial charge in [0.1, 0.15) is 11.4 Å². The number of benzene rings is 1. The van der Waals surface area contributed by atoms with E-state index in [1.54, 1.807) is 32.0 Å². The van der Waals surface area contributed by atoms with Gasteiger partial charge < -0.3 is 14.6 Å². The molecule has 1 aromatic carbocycles. The molecule has 0 aliphatic carbocycles. The Kier molecular flexibility index (Phi) is 5.16. The fourth-order valence-corrected chi connectivity index (χ4v) is 1.78. The van der Waals surface area contributed by atoms with E-state index in [1.165, 1.54) is 0 Å². The zero-order valence-electron chi connectivity index (χ0n) is 11.1. The highest BCUT2D eigenvalue weighted by Crippen LogP contribution is 2.32. The number of carbonyl (C=O) groups excluding carboxylic acids is 1. The second-order valence-corrected chi connectivity index (χ2v) is 4.18. The maximum atomic E-state index is 11.5. The smallest absolute Gasteiger partial charge is 0.309 e. The minimum absolute atomic E-state index is 0.0923. The van der Waals surface area contributed by atoms with E-state index in [4.69, 9.17) is 9.47 Å². The van der Waals surface area contributed by atoms with Crippen molar-refractivity contribution in [3.8, 4) is 5.75 Å². The van der Waals surface area contributed by atoms with Crippen molar-refractivity contribution >= 4 is 5.97 Å². The Morgan fingerprint density at radius 2 is 1.94 bits per heavy atom. The minimum atomic E-state index is -1.29. The molecule has 0 spiro atoms. The monoisotopic (exact) mass is 252 g/mol. The Bertz CT molecular complexity index is 399. The van der Waals surface area contributed by atoms with Crippen LogP contribution in [0, 0.1) is 0 Å². The number of carbonyl (C=O) groups is 1. The predicted molar refractivity (Wildman–Crippen MR) is 68.4 cm³/mol. The number of rotatable bonds is 6. The molecule has 0 heterocycles. The molecule has 4 heteroatoms. The van der Waals surface area contributed by atoms with Crippen molar-refractivity contribution in [2.45, 2.75) is 32.8 Å². The van der Waals surface area contributed by atoms with Crippen LogP contribution in [0.25, 0.3) is 0 Å². The zero-order valence-corrected chi connectivity index (χ0v) is 11.1. The molecule has 0 aromatic heterocycles. The number of ether oxygens (including phenoxy) is 2. The van der Waals surface area contributed by atoms with Crippen molar-refractivity contribution < 1.29 is 19.4 Å². The first-order valence-corrected chi connectivity index (χ1v) is 6.11. The topological polar surface area (TPSA) is 55.8 Å². The molecule has 0 saturated carbocycles. The van der Waals surface area contributed by atoms with Gasteiger partial charge in [0.2, 0.25) is 0 Å². The highest BCUT2D eigenvalue weighted by molar-refractivity contribution is 5.71. The first kappa shape index (κ1) is 14.5. The molecule has 4 nitrogen and oxygen atoms in total. The standard InChI is InChI=1S/C14H20O4/c1-4-17-12-9-7-6-8-11(12)14(3,16)10-13(15)18-5-2/h6-9,16H,4-5,10H2,1-3H3. The van der Waals surface area contributed by atoms with Crippen LogP contribution in [0.5, 0.6) is 5.75 Å². The Morgan fingerprint density at radius 1 is 1.28 bits per heavy atom. The summed E-state index contributed by atoms with van der Waals surface area (Å²) >= 11 is 0. The van der Waals surface area contributed by atoms with Crippen LogP contribution in [0.1, 0.15) is 32.8 Å².